The van der Waals surface area contributed by atoms with Gasteiger partial charge in [-0.25, -0.2) is 0 Å². The minimum atomic E-state index is -0.125. The molecule has 0 rings (SSSR count). The molecule has 2 N–H and O–H groups in total. The van der Waals surface area contributed by atoms with Gasteiger partial charge < -0.3 is 10.2 Å². The molecule has 0 aliphatic carbocycles. The summed E-state index contributed by atoms with van der Waals surface area (Å²) in [4.78, 5) is 0. The van der Waals surface area contributed by atoms with Crippen molar-refractivity contribution >= 4 is 0 Å². The number of aliphatic hydroxyl groups is 2. The molecule has 0 fully saturated rings. The van der Waals surface area contributed by atoms with Gasteiger partial charge >= 0.3 is 0 Å². The van der Waals surface area contributed by atoms with Gasteiger partial charge in [0.2, 0.25) is 0 Å². The van der Waals surface area contributed by atoms with Crippen LogP contribution in [0.25, 0.3) is 0 Å². The molecule has 0 bridgehead atoms. The molecular weight excluding hydrogens is 84.0 g/mol. The van der Waals surface area contributed by atoms with Crippen LogP contribution in [-0.4, -0.2) is 23.4 Å². The van der Waals surface area contributed by atoms with Crippen LogP contribution in [0.2, 0.25) is 0 Å². The van der Waals surface area contributed by atoms with Crippen molar-refractivity contribution in [3.63, 3.8) is 0 Å². The minimum absolute atomic E-state index is 0.125. The molecule has 0 unspecified atom stereocenters. The molecule has 0 radical (unpaired) electrons. The van der Waals surface area contributed by atoms with Gasteiger partial charge in [0, 0.05) is 10.8 Å². The van der Waals surface area contributed by atoms with Gasteiger partial charge in [-0.1, -0.05) is 0 Å². The molecule has 0 spiro atoms. The third-order valence-corrected chi connectivity index (χ3v) is 0.1000. The summed E-state index contributed by atoms with van der Waals surface area (Å²) >= 11 is 0. The summed E-state index contributed by atoms with van der Waals surface area (Å²) in [6.07, 6.45) is 0. The molecule has 0 atom stereocenters. The van der Waals surface area contributed by atoms with Crippen LogP contribution >= 0.6 is 0 Å². The molecule has 0 amide bonds. The van der Waals surface area contributed by atoms with Crippen LogP contribution in [-0.2, 0) is 0 Å². The average molecular weight is 90.1 g/mol. The summed E-state index contributed by atoms with van der Waals surface area (Å²) in [5, 5.41) is 27.2. The summed E-state index contributed by atoms with van der Waals surface area (Å²) in [6, 6.07) is 0. The van der Waals surface area contributed by atoms with Crippen LogP contribution in [0.3, 0.4) is 0 Å². The fraction of sp³-hybridized carbons (Fsp3) is 1.00. The van der Waals surface area contributed by atoms with E-state index < -0.39 is 0 Å². The van der Waals surface area contributed by atoms with E-state index in [0.29, 0.717) is 0 Å². The number of hydrogen-bond acceptors (Lipinski definition) is 4. The zero-order valence-electron chi connectivity index (χ0n) is 3.20. The van der Waals surface area contributed by atoms with E-state index >= 15 is 0 Å². The van der Waals surface area contributed by atoms with E-state index in [1.165, 1.54) is 0 Å². The van der Waals surface area contributed by atoms with Gasteiger partial charge in [-0.2, -0.15) is 0 Å². The highest BCUT2D eigenvalue weighted by atomic mass is 16.3. The van der Waals surface area contributed by atoms with Gasteiger partial charge in [0.15, 0.2) is 0 Å². The van der Waals surface area contributed by atoms with Crippen molar-refractivity contribution in [1.82, 2.24) is 0 Å². The lowest BCUT2D eigenvalue weighted by Gasteiger charge is -1.70. The molecule has 0 aromatic rings. The van der Waals surface area contributed by atoms with E-state index in [-0.39, 0.29) is 13.2 Å². The second-order valence-electron chi connectivity index (χ2n) is 0.447. The normalized spacial score (nSPS) is 5.33. The van der Waals surface area contributed by atoms with E-state index in [1.54, 1.807) is 0 Å². The maximum atomic E-state index is 7.62. The summed E-state index contributed by atoms with van der Waals surface area (Å²) in [5.74, 6) is 0. The van der Waals surface area contributed by atoms with Crippen LogP contribution in [0.15, 0.2) is 0 Å². The molecule has 0 aliphatic heterocycles. The third kappa shape index (κ3) is 158. The van der Waals surface area contributed by atoms with Gasteiger partial charge in [0.05, 0.1) is 13.2 Å². The first-order valence-corrected chi connectivity index (χ1v) is 1.33. The Morgan fingerprint density at radius 1 is 1.00 bits per heavy atom. The fourth-order valence-electron chi connectivity index (χ4n) is 0. The van der Waals surface area contributed by atoms with Gasteiger partial charge in [0.25, 0.3) is 0 Å². The first-order chi connectivity index (χ1) is 2.91. The Morgan fingerprint density at radius 3 is 1.17 bits per heavy atom. The lowest BCUT2D eigenvalue weighted by Crippen LogP contribution is -1.85. The summed E-state index contributed by atoms with van der Waals surface area (Å²) in [6.45, 7) is -0.250. The van der Waals surface area contributed by atoms with Crippen molar-refractivity contribution in [2.45, 2.75) is 0 Å². The number of nitrogens with zero attached hydrogens (tertiary/aromatic N) is 2. The quantitative estimate of drug-likeness (QED) is 0.404. The van der Waals surface area contributed by atoms with Crippen molar-refractivity contribution in [2.75, 3.05) is 13.2 Å². The van der Waals surface area contributed by atoms with E-state index in [4.69, 9.17) is 21.0 Å². The van der Waals surface area contributed by atoms with Crippen molar-refractivity contribution in [3.05, 3.63) is 0 Å². The lowest BCUT2D eigenvalue weighted by atomic mass is 10.8. The van der Waals surface area contributed by atoms with Gasteiger partial charge in [-0.15, -0.1) is 0 Å². The molecule has 0 heterocycles. The Morgan fingerprint density at radius 2 is 1.17 bits per heavy atom. The molecule has 4 nitrogen and oxygen atoms in total. The van der Waals surface area contributed by atoms with Crippen molar-refractivity contribution < 1.29 is 10.2 Å². The molecule has 4 heteroatoms. The van der Waals surface area contributed by atoms with E-state index in [0.717, 1.165) is 0 Å². The Labute approximate surface area is 35.4 Å². The largest absolute Gasteiger partial charge is 0.394 e. The standard InChI is InChI=1S/C2H6O2.N2/c3-1-2-4;1-2/h3-4H,1-2H2;. The molecule has 0 aromatic carbocycles. The first kappa shape index (κ1) is 9.02. The van der Waals surface area contributed by atoms with Gasteiger partial charge in [-0.05, 0) is 0 Å². The summed E-state index contributed by atoms with van der Waals surface area (Å²) in [7, 11) is 0. The predicted octanol–water partition coefficient (Wildman–Crippen LogP) is -0.999. The third-order valence-electron chi connectivity index (χ3n) is 0.1000. The molecule has 36 valence electrons. The minimum Gasteiger partial charge on any atom is -0.394 e. The van der Waals surface area contributed by atoms with Gasteiger partial charge in [0.1, 0.15) is 0 Å². The zero-order chi connectivity index (χ0) is 5.41. The fourth-order valence-corrected chi connectivity index (χ4v) is 0. The van der Waals surface area contributed by atoms with Crippen LogP contribution in [0.5, 0.6) is 0 Å². The molecule has 0 aliphatic rings. The Hall–Kier alpha value is -0.660. The molecule has 0 saturated heterocycles. The Bertz CT molecular complexity index is 26.0. The SMILES string of the molecule is N#N.OCCO. The highest BCUT2D eigenvalue weighted by Gasteiger charge is 1.58. The van der Waals surface area contributed by atoms with Crippen LogP contribution in [0, 0.1) is 10.8 Å². The van der Waals surface area contributed by atoms with Crippen LogP contribution < -0.4 is 0 Å². The zero-order valence-corrected chi connectivity index (χ0v) is 3.20. The Kier molecular flexibility index (Phi) is 40.5. The molecule has 6 heavy (non-hydrogen) atoms. The van der Waals surface area contributed by atoms with E-state index in [1.807, 2.05) is 0 Å². The summed E-state index contributed by atoms with van der Waals surface area (Å²) in [5.41, 5.74) is 0. The highest BCUT2D eigenvalue weighted by Crippen LogP contribution is 1.39. The second-order valence-corrected chi connectivity index (χ2v) is 0.447. The summed E-state index contributed by atoms with van der Waals surface area (Å²) < 4.78 is 0. The molecule has 0 aromatic heterocycles. The van der Waals surface area contributed by atoms with Crippen molar-refractivity contribution in [1.29, 1.82) is 10.8 Å². The number of hydrogen-bond donors (Lipinski definition) is 2. The van der Waals surface area contributed by atoms with Crippen molar-refractivity contribution in [3.8, 4) is 0 Å². The van der Waals surface area contributed by atoms with Crippen LogP contribution in [0.1, 0.15) is 0 Å². The van der Waals surface area contributed by atoms with Crippen molar-refractivity contribution in [2.24, 2.45) is 0 Å². The smallest absolute Gasteiger partial charge is 0.0662 e. The number of rotatable bonds is 1. The second kappa shape index (κ2) is 27.0. The maximum Gasteiger partial charge on any atom is 0.0662 e. The lowest BCUT2D eigenvalue weighted by molar-refractivity contribution is 0.186. The molecule has 0 saturated carbocycles. The van der Waals surface area contributed by atoms with Gasteiger partial charge in [-0.3, -0.25) is 0 Å². The first-order valence-electron chi connectivity index (χ1n) is 1.33. The number of aliphatic hydroxyl groups excluding tert-OH is 2. The van der Waals surface area contributed by atoms with Crippen LogP contribution in [0.4, 0.5) is 0 Å². The molecular formula is C2H6N2O2. The maximum absolute atomic E-state index is 7.62. The predicted molar refractivity (Wildman–Crippen MR) is 17.6 cm³/mol. The highest BCUT2D eigenvalue weighted by molar-refractivity contribution is 4.06. The van der Waals surface area contributed by atoms with E-state index in [9.17, 15) is 0 Å². The monoisotopic (exact) mass is 90.0 g/mol. The Balaban J connectivity index is 0. The van der Waals surface area contributed by atoms with E-state index in [2.05, 4.69) is 0 Å². The topological polar surface area (TPSA) is 88.0 Å². The average Bonchev–Trinajstić information content (AvgIpc) is 1.72.